The summed E-state index contributed by atoms with van der Waals surface area (Å²) in [7, 11) is 1.65. The molecule has 2 heterocycles. The summed E-state index contributed by atoms with van der Waals surface area (Å²) >= 11 is 1.56. The number of thiazole rings is 1. The Bertz CT molecular complexity index is 481. The fourth-order valence-corrected chi connectivity index (χ4v) is 3.36. The third kappa shape index (κ3) is 5.66. The van der Waals surface area contributed by atoms with Crippen LogP contribution < -0.4 is 11.1 Å². The van der Waals surface area contributed by atoms with Crippen LogP contribution in [0, 0.1) is 5.41 Å². The van der Waals surface area contributed by atoms with Gasteiger partial charge in [0.25, 0.3) is 0 Å². The lowest BCUT2D eigenvalue weighted by Crippen LogP contribution is -2.52. The second kappa shape index (κ2) is 9.03. The number of nitrogens with zero attached hydrogens (tertiary/aromatic N) is 2. The second-order valence-corrected chi connectivity index (χ2v) is 7.12. The van der Waals surface area contributed by atoms with Gasteiger partial charge in [0.1, 0.15) is 5.01 Å². The number of carbonyl (C=O) groups excluding carboxylic acids is 1. The van der Waals surface area contributed by atoms with E-state index in [-0.39, 0.29) is 42.2 Å². The number of nitrogens with two attached hydrogens (primary N) is 1. The number of nitrogens with one attached hydrogen (secondary N) is 1. The number of piperidine rings is 1. The van der Waals surface area contributed by atoms with Gasteiger partial charge in [0.05, 0.1) is 12.1 Å². The van der Waals surface area contributed by atoms with Gasteiger partial charge in [0.2, 0.25) is 5.91 Å². The number of rotatable bonds is 4. The second-order valence-electron chi connectivity index (χ2n) is 6.18. The number of aromatic nitrogens is 1. The molecule has 1 amide bonds. The van der Waals surface area contributed by atoms with Crippen molar-refractivity contribution in [2.75, 3.05) is 20.1 Å². The number of hydrogen-bond acceptors (Lipinski definition) is 5. The van der Waals surface area contributed by atoms with E-state index in [2.05, 4.69) is 34.4 Å². The van der Waals surface area contributed by atoms with E-state index in [0.717, 1.165) is 36.8 Å². The van der Waals surface area contributed by atoms with Crippen LogP contribution >= 0.6 is 36.2 Å². The van der Waals surface area contributed by atoms with Crippen molar-refractivity contribution in [1.29, 1.82) is 0 Å². The van der Waals surface area contributed by atoms with Crippen molar-refractivity contribution in [3.8, 4) is 0 Å². The Morgan fingerprint density at radius 2 is 2.23 bits per heavy atom. The first-order valence-corrected chi connectivity index (χ1v) is 7.90. The Hall–Kier alpha value is -0.400. The largest absolute Gasteiger partial charge is 0.359 e. The van der Waals surface area contributed by atoms with E-state index in [9.17, 15) is 4.79 Å². The van der Waals surface area contributed by atoms with E-state index in [1.165, 1.54) is 0 Å². The molecule has 1 aliphatic rings. The van der Waals surface area contributed by atoms with Gasteiger partial charge in [-0.15, -0.1) is 36.2 Å². The minimum Gasteiger partial charge on any atom is -0.359 e. The number of amides is 1. The highest BCUT2D eigenvalue weighted by molar-refractivity contribution is 7.09. The zero-order valence-corrected chi connectivity index (χ0v) is 15.7. The number of halogens is 2. The van der Waals surface area contributed by atoms with Crippen LogP contribution in [0.3, 0.4) is 0 Å². The molecule has 1 fully saturated rings. The Labute approximate surface area is 148 Å². The van der Waals surface area contributed by atoms with Gasteiger partial charge in [-0.2, -0.15) is 0 Å². The summed E-state index contributed by atoms with van der Waals surface area (Å²) in [5.41, 5.74) is 7.37. The first kappa shape index (κ1) is 21.6. The number of likely N-dealkylation sites (tertiary alicyclic amines) is 1. The predicted octanol–water partition coefficient (Wildman–Crippen LogP) is 1.83. The normalized spacial score (nSPS) is 20.6. The topological polar surface area (TPSA) is 71.2 Å². The van der Waals surface area contributed by atoms with Gasteiger partial charge in [-0.3, -0.25) is 9.69 Å². The molecule has 1 aromatic heterocycles. The lowest BCUT2D eigenvalue weighted by molar-refractivity contribution is -0.119. The van der Waals surface area contributed by atoms with E-state index in [1.807, 2.05) is 0 Å². The van der Waals surface area contributed by atoms with Crippen LogP contribution in [0.1, 0.15) is 31.0 Å². The fraction of sp³-hybridized carbons (Fsp3) is 0.714. The van der Waals surface area contributed by atoms with E-state index in [4.69, 9.17) is 5.73 Å². The molecular formula is C14H26Cl2N4OS. The summed E-state index contributed by atoms with van der Waals surface area (Å²) in [6.45, 7) is 7.31. The molecular weight excluding hydrogens is 343 g/mol. The van der Waals surface area contributed by atoms with Crippen LogP contribution in [0.25, 0.3) is 0 Å². The van der Waals surface area contributed by atoms with Crippen LogP contribution in [0.5, 0.6) is 0 Å². The van der Waals surface area contributed by atoms with Gasteiger partial charge in [0, 0.05) is 38.1 Å². The maximum atomic E-state index is 11.3. The maximum absolute atomic E-state index is 11.3. The Morgan fingerprint density at radius 1 is 1.55 bits per heavy atom. The molecule has 0 aromatic carbocycles. The van der Waals surface area contributed by atoms with E-state index in [0.29, 0.717) is 6.42 Å². The molecule has 1 aliphatic heterocycles. The number of hydrogen-bond donors (Lipinski definition) is 2. The molecule has 0 spiro atoms. The molecule has 5 nitrogen and oxygen atoms in total. The molecule has 1 saturated heterocycles. The average molecular weight is 369 g/mol. The van der Waals surface area contributed by atoms with E-state index >= 15 is 0 Å². The maximum Gasteiger partial charge on any atom is 0.226 e. The highest BCUT2D eigenvalue weighted by Gasteiger charge is 2.33. The van der Waals surface area contributed by atoms with Gasteiger partial charge in [-0.05, 0) is 11.8 Å². The first-order valence-electron chi connectivity index (χ1n) is 7.02. The summed E-state index contributed by atoms with van der Waals surface area (Å²) < 4.78 is 0. The van der Waals surface area contributed by atoms with Crippen LogP contribution in [-0.2, 0) is 17.8 Å². The molecule has 1 atom stereocenters. The van der Waals surface area contributed by atoms with Crippen LogP contribution in [0.4, 0.5) is 0 Å². The molecule has 1 unspecified atom stereocenters. The minimum absolute atomic E-state index is 0. The van der Waals surface area contributed by atoms with Gasteiger partial charge >= 0.3 is 0 Å². The summed E-state index contributed by atoms with van der Waals surface area (Å²) in [5.74, 6) is 0.0102. The molecule has 128 valence electrons. The summed E-state index contributed by atoms with van der Waals surface area (Å²) in [5, 5.41) is 5.56. The van der Waals surface area contributed by atoms with Crippen LogP contribution in [-0.4, -0.2) is 42.0 Å². The van der Waals surface area contributed by atoms with Crippen LogP contribution in [0.15, 0.2) is 5.38 Å². The monoisotopic (exact) mass is 368 g/mol. The van der Waals surface area contributed by atoms with Crippen molar-refractivity contribution in [3.05, 3.63) is 16.1 Å². The molecule has 0 aliphatic carbocycles. The van der Waals surface area contributed by atoms with Crippen molar-refractivity contribution >= 4 is 42.1 Å². The molecule has 8 heteroatoms. The highest BCUT2D eigenvalue weighted by Crippen LogP contribution is 2.28. The number of likely N-dealkylation sites (N-methyl/N-ethyl adjacent to an activating group) is 1. The molecule has 0 saturated carbocycles. The zero-order valence-electron chi connectivity index (χ0n) is 13.3. The molecule has 0 radical (unpaired) electrons. The SMILES string of the molecule is CNC(=O)Cc1nc(CN2CCC(N)C(C)(C)C2)cs1.Cl.Cl. The third-order valence-corrected chi connectivity index (χ3v) is 4.86. The Morgan fingerprint density at radius 3 is 2.82 bits per heavy atom. The predicted molar refractivity (Wildman–Crippen MR) is 96.0 cm³/mol. The van der Waals surface area contributed by atoms with Gasteiger partial charge in [-0.25, -0.2) is 4.98 Å². The van der Waals surface area contributed by atoms with Crippen molar-refractivity contribution < 1.29 is 4.79 Å². The summed E-state index contributed by atoms with van der Waals surface area (Å²) in [6.07, 6.45) is 1.40. The van der Waals surface area contributed by atoms with Gasteiger partial charge < -0.3 is 11.1 Å². The van der Waals surface area contributed by atoms with Crippen molar-refractivity contribution in [3.63, 3.8) is 0 Å². The number of carbonyl (C=O) groups is 1. The van der Waals surface area contributed by atoms with Crippen molar-refractivity contribution in [2.45, 2.75) is 39.3 Å². The molecule has 1 aromatic rings. The summed E-state index contributed by atoms with van der Waals surface area (Å²) in [6, 6.07) is 0.276. The molecule has 3 N–H and O–H groups in total. The molecule has 0 bridgehead atoms. The van der Waals surface area contributed by atoms with E-state index in [1.54, 1.807) is 18.4 Å². The smallest absolute Gasteiger partial charge is 0.226 e. The lowest BCUT2D eigenvalue weighted by atomic mass is 9.80. The molecule has 2 rings (SSSR count). The third-order valence-electron chi connectivity index (χ3n) is 3.97. The van der Waals surface area contributed by atoms with Crippen molar-refractivity contribution in [1.82, 2.24) is 15.2 Å². The quantitative estimate of drug-likeness (QED) is 0.850. The Kier molecular flexibility index (Phi) is 8.87. The standard InChI is InChI=1S/C14H24N4OS.2ClH/c1-14(2)9-18(5-4-11(14)15)7-10-8-20-13(17-10)6-12(19)16-3;;/h8,11H,4-7,9,15H2,1-3H3,(H,16,19);2*1H. The Balaban J connectivity index is 0.00000220. The van der Waals surface area contributed by atoms with Gasteiger partial charge in [0.15, 0.2) is 0 Å². The highest BCUT2D eigenvalue weighted by atomic mass is 35.5. The minimum atomic E-state index is 0. The van der Waals surface area contributed by atoms with Crippen molar-refractivity contribution in [2.24, 2.45) is 11.1 Å². The van der Waals surface area contributed by atoms with E-state index < -0.39 is 0 Å². The van der Waals surface area contributed by atoms with Gasteiger partial charge in [-0.1, -0.05) is 13.8 Å². The van der Waals surface area contributed by atoms with Crippen LogP contribution in [0.2, 0.25) is 0 Å². The lowest BCUT2D eigenvalue weighted by Gasteiger charge is -2.42. The zero-order chi connectivity index (χ0) is 14.8. The fourth-order valence-electron chi connectivity index (χ4n) is 2.58. The average Bonchev–Trinajstić information content (AvgIpc) is 2.80. The first-order chi connectivity index (χ1) is 9.40. The summed E-state index contributed by atoms with van der Waals surface area (Å²) in [4.78, 5) is 18.3. The molecule has 22 heavy (non-hydrogen) atoms.